The minimum Gasteiger partial charge on any atom is -0.489 e. The molecule has 0 radical (unpaired) electrons. The van der Waals surface area contributed by atoms with E-state index >= 15 is 0 Å². The van der Waals surface area contributed by atoms with E-state index in [4.69, 9.17) is 9.47 Å². The first-order valence-electron chi connectivity index (χ1n) is 11.1. The van der Waals surface area contributed by atoms with Crippen LogP contribution in [0, 0.1) is 11.3 Å². The Balaban J connectivity index is 1.50. The summed E-state index contributed by atoms with van der Waals surface area (Å²) >= 11 is 0. The van der Waals surface area contributed by atoms with Crippen molar-refractivity contribution in [1.29, 1.82) is 5.26 Å². The van der Waals surface area contributed by atoms with Gasteiger partial charge in [0.05, 0.1) is 29.4 Å². The van der Waals surface area contributed by atoms with Gasteiger partial charge in [-0.1, -0.05) is 12.1 Å². The van der Waals surface area contributed by atoms with Crippen molar-refractivity contribution < 1.29 is 22.7 Å². The van der Waals surface area contributed by atoms with Crippen molar-refractivity contribution in [3.8, 4) is 23.1 Å². The summed E-state index contributed by atoms with van der Waals surface area (Å²) in [6.45, 7) is 2.45. The van der Waals surface area contributed by atoms with Gasteiger partial charge in [0, 0.05) is 37.9 Å². The largest absolute Gasteiger partial charge is 0.489 e. The van der Waals surface area contributed by atoms with Crippen LogP contribution < -0.4 is 9.46 Å². The molecule has 2 aromatic carbocycles. The summed E-state index contributed by atoms with van der Waals surface area (Å²) < 4.78 is 37.5. The molecule has 9 nitrogen and oxygen atoms in total. The number of carbonyl (C=O) groups excluding carboxylic acids is 1. The van der Waals surface area contributed by atoms with Crippen molar-refractivity contribution in [2.75, 3.05) is 13.2 Å². The van der Waals surface area contributed by atoms with Crippen molar-refractivity contribution >= 4 is 15.9 Å². The smallest absolute Gasteiger partial charge is 0.264 e. The lowest BCUT2D eigenvalue weighted by Crippen LogP contribution is -2.28. The van der Waals surface area contributed by atoms with Gasteiger partial charge < -0.3 is 9.47 Å². The summed E-state index contributed by atoms with van der Waals surface area (Å²) in [6.07, 6.45) is 3.65. The maximum atomic E-state index is 12.1. The Hall–Kier alpha value is -3.81. The van der Waals surface area contributed by atoms with Crippen LogP contribution in [0.15, 0.2) is 59.6 Å². The van der Waals surface area contributed by atoms with Gasteiger partial charge in [-0.3, -0.25) is 4.79 Å². The van der Waals surface area contributed by atoms with E-state index in [0.29, 0.717) is 42.5 Å². The fraction of sp³-hybridized carbons (Fsp3) is 0.280. The summed E-state index contributed by atoms with van der Waals surface area (Å²) in [6, 6.07) is 15.5. The zero-order valence-corrected chi connectivity index (χ0v) is 19.9. The summed E-state index contributed by atoms with van der Waals surface area (Å²) in [7, 11) is -3.89. The van der Waals surface area contributed by atoms with Gasteiger partial charge in [0.2, 0.25) is 5.91 Å². The number of ether oxygens (including phenoxy) is 2. The van der Waals surface area contributed by atoms with Gasteiger partial charge >= 0.3 is 0 Å². The predicted molar refractivity (Wildman–Crippen MR) is 127 cm³/mol. The van der Waals surface area contributed by atoms with E-state index in [1.165, 1.54) is 12.1 Å². The summed E-state index contributed by atoms with van der Waals surface area (Å²) in [4.78, 5) is 20.0. The first-order chi connectivity index (χ1) is 16.8. The maximum Gasteiger partial charge on any atom is 0.264 e. The summed E-state index contributed by atoms with van der Waals surface area (Å²) in [5.74, 6) is 0.440. The van der Waals surface area contributed by atoms with Crippen LogP contribution in [0.5, 0.6) is 5.75 Å². The molecule has 1 N–H and O–H groups in total. The molecule has 10 heteroatoms. The molecule has 4 rings (SSSR count). The van der Waals surface area contributed by atoms with Gasteiger partial charge in [0.25, 0.3) is 10.0 Å². The van der Waals surface area contributed by atoms with Crippen LogP contribution in [0.2, 0.25) is 0 Å². The number of amides is 1. The fourth-order valence-corrected chi connectivity index (χ4v) is 4.71. The van der Waals surface area contributed by atoms with Gasteiger partial charge in [-0.15, -0.1) is 0 Å². The van der Waals surface area contributed by atoms with E-state index in [0.717, 1.165) is 30.9 Å². The average Bonchev–Trinajstić information content (AvgIpc) is 2.85. The van der Waals surface area contributed by atoms with E-state index in [9.17, 15) is 18.5 Å². The number of nitrogens with one attached hydrogen (secondary N) is 1. The first kappa shape index (κ1) is 24.3. The fourth-order valence-electron chi connectivity index (χ4n) is 3.72. The molecular weight excluding hydrogens is 468 g/mol. The molecule has 2 heterocycles. The zero-order valence-electron chi connectivity index (χ0n) is 19.1. The second-order valence-electron chi connectivity index (χ2n) is 8.09. The van der Waals surface area contributed by atoms with Crippen LogP contribution in [-0.2, 0) is 26.0 Å². The van der Waals surface area contributed by atoms with E-state index in [-0.39, 0.29) is 11.0 Å². The molecular formula is C25H24N4O5S. The van der Waals surface area contributed by atoms with E-state index in [1.54, 1.807) is 36.5 Å². The van der Waals surface area contributed by atoms with Gasteiger partial charge in [-0.2, -0.15) is 5.26 Å². The highest BCUT2D eigenvalue weighted by atomic mass is 32.2. The number of hydrogen-bond donors (Lipinski definition) is 1. The van der Waals surface area contributed by atoms with E-state index < -0.39 is 15.9 Å². The number of nitriles is 1. The zero-order chi connectivity index (χ0) is 24.8. The lowest BCUT2D eigenvalue weighted by atomic mass is 10.1. The number of hydrogen-bond acceptors (Lipinski definition) is 8. The molecule has 0 unspecified atom stereocenters. The Kier molecular flexibility index (Phi) is 7.39. The molecule has 0 spiro atoms. The van der Waals surface area contributed by atoms with Crippen LogP contribution in [0.3, 0.4) is 0 Å². The lowest BCUT2D eigenvalue weighted by molar-refractivity contribution is -0.117. The lowest BCUT2D eigenvalue weighted by Gasteiger charge is -2.23. The molecule has 1 amide bonds. The minimum atomic E-state index is -3.89. The van der Waals surface area contributed by atoms with Crippen LogP contribution in [-0.4, -0.2) is 43.6 Å². The van der Waals surface area contributed by atoms with Crippen LogP contribution in [0.1, 0.15) is 36.7 Å². The van der Waals surface area contributed by atoms with Crippen molar-refractivity contribution in [2.24, 2.45) is 0 Å². The SMILES string of the molecule is CC(=O)NS(=O)(=O)c1ccc(Cc2nccc(-c3ccc(OC4CCOCC4)c(C#N)c3)n2)cc1. The maximum absolute atomic E-state index is 12.1. The normalized spacial score (nSPS) is 14.2. The Morgan fingerprint density at radius 2 is 1.91 bits per heavy atom. The predicted octanol–water partition coefficient (Wildman–Crippen LogP) is 2.99. The Morgan fingerprint density at radius 3 is 2.60 bits per heavy atom. The van der Waals surface area contributed by atoms with Crippen molar-refractivity contribution in [3.05, 3.63) is 71.7 Å². The second kappa shape index (κ2) is 10.6. The van der Waals surface area contributed by atoms with Crippen molar-refractivity contribution in [3.63, 3.8) is 0 Å². The molecule has 0 aliphatic carbocycles. The number of benzene rings is 2. The third-order valence-electron chi connectivity index (χ3n) is 5.44. The van der Waals surface area contributed by atoms with Crippen LogP contribution in [0.25, 0.3) is 11.3 Å². The second-order valence-corrected chi connectivity index (χ2v) is 9.78. The number of sulfonamides is 1. The quantitative estimate of drug-likeness (QED) is 0.533. The first-order valence-corrected chi connectivity index (χ1v) is 12.6. The third kappa shape index (κ3) is 6.20. The highest BCUT2D eigenvalue weighted by molar-refractivity contribution is 7.90. The number of aromatic nitrogens is 2. The molecule has 1 fully saturated rings. The molecule has 1 saturated heterocycles. The Morgan fingerprint density at radius 1 is 1.17 bits per heavy atom. The Labute approximate surface area is 203 Å². The molecule has 3 aromatic rings. The monoisotopic (exact) mass is 492 g/mol. The number of rotatable bonds is 7. The standard InChI is InChI=1S/C25H24N4O5S/c1-17(30)29-35(31,32)22-5-2-18(3-6-22)14-25-27-11-8-23(28-25)19-4-7-24(20(15-19)16-26)34-21-9-12-33-13-10-21/h2-8,11,15,21H,9-10,12-14H2,1H3,(H,29,30). The molecule has 1 aliphatic heterocycles. The highest BCUT2D eigenvalue weighted by Gasteiger charge is 2.18. The average molecular weight is 493 g/mol. The minimum absolute atomic E-state index is 0.00165. The van der Waals surface area contributed by atoms with Crippen LogP contribution in [0.4, 0.5) is 0 Å². The highest BCUT2D eigenvalue weighted by Crippen LogP contribution is 2.27. The van der Waals surface area contributed by atoms with Crippen molar-refractivity contribution in [2.45, 2.75) is 37.2 Å². The molecule has 0 bridgehead atoms. The van der Waals surface area contributed by atoms with Crippen molar-refractivity contribution in [1.82, 2.24) is 14.7 Å². The summed E-state index contributed by atoms with van der Waals surface area (Å²) in [5, 5.41) is 9.64. The Bertz CT molecular complexity index is 1360. The molecule has 1 aromatic heterocycles. The van der Waals surface area contributed by atoms with Gasteiger partial charge in [-0.25, -0.2) is 23.1 Å². The van der Waals surface area contributed by atoms with Gasteiger partial charge in [0.1, 0.15) is 23.7 Å². The molecule has 180 valence electrons. The molecule has 0 saturated carbocycles. The molecule has 1 aliphatic rings. The number of carbonyl (C=O) groups is 1. The summed E-state index contributed by atoms with van der Waals surface area (Å²) in [5.41, 5.74) is 2.67. The topological polar surface area (TPSA) is 131 Å². The molecule has 0 atom stereocenters. The van der Waals surface area contributed by atoms with Gasteiger partial charge in [0.15, 0.2) is 0 Å². The number of nitrogens with zero attached hydrogens (tertiary/aromatic N) is 3. The van der Waals surface area contributed by atoms with E-state index in [1.807, 2.05) is 10.8 Å². The van der Waals surface area contributed by atoms with E-state index in [2.05, 4.69) is 16.0 Å². The van der Waals surface area contributed by atoms with Gasteiger partial charge in [-0.05, 0) is 42.0 Å². The van der Waals surface area contributed by atoms with Crippen LogP contribution >= 0.6 is 0 Å². The third-order valence-corrected chi connectivity index (χ3v) is 6.89. The molecule has 35 heavy (non-hydrogen) atoms.